The lowest BCUT2D eigenvalue weighted by Crippen LogP contribution is -2.19. The van der Waals surface area contributed by atoms with Crippen LogP contribution in [0.3, 0.4) is 0 Å². The molecule has 1 atom stereocenters. The number of ether oxygens (including phenoxy) is 1. The molecule has 0 spiro atoms. The minimum absolute atomic E-state index is 0.0318. The molecule has 31 heavy (non-hydrogen) atoms. The maximum atomic E-state index is 13.3. The van der Waals surface area contributed by atoms with Crippen molar-refractivity contribution in [3.63, 3.8) is 0 Å². The van der Waals surface area contributed by atoms with Crippen molar-refractivity contribution >= 4 is 21.7 Å². The number of halogens is 3. The maximum Gasteiger partial charge on any atom is 0.416 e. The number of nitrogens with one attached hydrogen (secondary N) is 2. The van der Waals surface area contributed by atoms with Crippen molar-refractivity contribution in [2.45, 2.75) is 36.8 Å². The number of anilines is 1. The van der Waals surface area contributed by atoms with Crippen molar-refractivity contribution in [2.75, 3.05) is 24.9 Å². The molecule has 10 heteroatoms. The Morgan fingerprint density at radius 3 is 2.55 bits per heavy atom. The first-order chi connectivity index (χ1) is 14.6. The molecule has 6 nitrogen and oxygen atoms in total. The number of hydrogen-bond acceptors (Lipinski definition) is 5. The smallest absolute Gasteiger partial charge is 0.416 e. The number of carbonyl (C=O) groups excluding carboxylic acids is 1. The Morgan fingerprint density at radius 2 is 1.97 bits per heavy atom. The number of benzene rings is 2. The Kier molecular flexibility index (Phi) is 6.61. The fourth-order valence-corrected chi connectivity index (χ4v) is 5.05. The second-order valence-electron chi connectivity index (χ2n) is 7.26. The average Bonchev–Trinajstić information content (AvgIpc) is 3.26. The first-order valence-corrected chi connectivity index (χ1v) is 11.2. The number of esters is 1. The van der Waals surface area contributed by atoms with Crippen molar-refractivity contribution in [3.8, 4) is 0 Å². The number of hydrogen-bond donors (Lipinski definition) is 2. The van der Waals surface area contributed by atoms with Crippen LogP contribution in [0.5, 0.6) is 0 Å². The fourth-order valence-electron chi connectivity index (χ4n) is 3.64. The molecule has 0 aromatic heterocycles. The molecular weight excluding hydrogens is 433 g/mol. The predicted octanol–water partition coefficient (Wildman–Crippen LogP) is 3.93. The summed E-state index contributed by atoms with van der Waals surface area (Å²) in [5.41, 5.74) is -0.114. The van der Waals surface area contributed by atoms with E-state index in [0.717, 1.165) is 12.1 Å². The molecule has 3 rings (SSSR count). The summed E-state index contributed by atoms with van der Waals surface area (Å²) in [6.07, 6.45) is -3.59. The van der Waals surface area contributed by atoms with E-state index >= 15 is 0 Å². The van der Waals surface area contributed by atoms with E-state index in [1.807, 2.05) is 0 Å². The third kappa shape index (κ3) is 5.01. The summed E-state index contributed by atoms with van der Waals surface area (Å²) in [4.78, 5) is 11.7. The highest BCUT2D eigenvalue weighted by atomic mass is 32.2. The van der Waals surface area contributed by atoms with Gasteiger partial charge in [-0.3, -0.25) is 4.72 Å². The summed E-state index contributed by atoms with van der Waals surface area (Å²) >= 11 is 0. The first kappa shape index (κ1) is 23.1. The van der Waals surface area contributed by atoms with Crippen molar-refractivity contribution in [1.82, 2.24) is 5.32 Å². The van der Waals surface area contributed by atoms with Crippen molar-refractivity contribution in [2.24, 2.45) is 0 Å². The summed E-state index contributed by atoms with van der Waals surface area (Å²) < 4.78 is 73.3. The Hall–Kier alpha value is -2.59. The van der Waals surface area contributed by atoms with Gasteiger partial charge in [0.25, 0.3) is 10.0 Å². The Balaban J connectivity index is 2.09. The van der Waals surface area contributed by atoms with Gasteiger partial charge in [0.05, 0.1) is 28.8 Å². The van der Waals surface area contributed by atoms with Gasteiger partial charge in [-0.05, 0) is 60.7 Å². The molecule has 0 bridgehead atoms. The van der Waals surface area contributed by atoms with E-state index < -0.39 is 27.7 Å². The normalized spacial score (nSPS) is 16.9. The molecule has 168 valence electrons. The lowest BCUT2D eigenvalue weighted by molar-refractivity contribution is -0.137. The van der Waals surface area contributed by atoms with Crippen LogP contribution in [0, 0.1) is 0 Å². The van der Waals surface area contributed by atoms with Gasteiger partial charge in [0.15, 0.2) is 0 Å². The molecule has 1 heterocycles. The van der Waals surface area contributed by atoms with E-state index in [9.17, 15) is 26.4 Å². The van der Waals surface area contributed by atoms with E-state index in [1.54, 1.807) is 6.92 Å². The lowest BCUT2D eigenvalue weighted by atomic mass is 9.95. The topological polar surface area (TPSA) is 84.5 Å². The first-order valence-electron chi connectivity index (χ1n) is 9.72. The highest BCUT2D eigenvalue weighted by Gasteiger charge is 2.33. The van der Waals surface area contributed by atoms with Crippen LogP contribution in [0.4, 0.5) is 18.9 Å². The van der Waals surface area contributed by atoms with E-state index in [4.69, 9.17) is 0 Å². The van der Waals surface area contributed by atoms with Gasteiger partial charge in [-0.15, -0.1) is 0 Å². The monoisotopic (exact) mass is 456 g/mol. The minimum Gasteiger partial charge on any atom is -0.465 e. The van der Waals surface area contributed by atoms with Crippen molar-refractivity contribution in [3.05, 3.63) is 58.7 Å². The summed E-state index contributed by atoms with van der Waals surface area (Å²) in [7, 11) is -3.11. The van der Waals surface area contributed by atoms with Crippen LogP contribution in [0.15, 0.2) is 41.3 Å². The highest BCUT2D eigenvalue weighted by molar-refractivity contribution is 7.92. The number of alkyl halides is 3. The van der Waals surface area contributed by atoms with E-state index in [-0.39, 0.29) is 22.1 Å². The zero-order chi connectivity index (χ0) is 22.8. The Labute approximate surface area is 178 Å². The molecule has 0 radical (unpaired) electrons. The molecule has 1 aliphatic rings. The molecule has 1 fully saturated rings. The third-order valence-corrected chi connectivity index (χ3v) is 6.73. The molecule has 0 amide bonds. The molecule has 2 aromatic carbocycles. The quantitative estimate of drug-likeness (QED) is 0.644. The highest BCUT2D eigenvalue weighted by Crippen LogP contribution is 2.37. The molecule has 1 aliphatic heterocycles. The van der Waals surface area contributed by atoms with Gasteiger partial charge in [0, 0.05) is 6.54 Å². The van der Waals surface area contributed by atoms with Gasteiger partial charge in [0.2, 0.25) is 0 Å². The lowest BCUT2D eigenvalue weighted by Gasteiger charge is -2.20. The molecule has 0 saturated carbocycles. The van der Waals surface area contributed by atoms with Crippen LogP contribution in [-0.4, -0.2) is 34.6 Å². The van der Waals surface area contributed by atoms with Crippen LogP contribution >= 0.6 is 0 Å². The van der Waals surface area contributed by atoms with E-state index in [1.165, 1.54) is 31.4 Å². The molecule has 2 aromatic rings. The van der Waals surface area contributed by atoms with Gasteiger partial charge in [-0.2, -0.15) is 13.2 Å². The summed E-state index contributed by atoms with van der Waals surface area (Å²) in [5.74, 6) is -0.831. The largest absolute Gasteiger partial charge is 0.465 e. The summed E-state index contributed by atoms with van der Waals surface area (Å²) in [6.45, 7) is 2.98. The van der Waals surface area contributed by atoms with Gasteiger partial charge < -0.3 is 10.1 Å². The van der Waals surface area contributed by atoms with Gasteiger partial charge in [-0.25, -0.2) is 13.2 Å². The molecule has 1 unspecified atom stereocenters. The van der Waals surface area contributed by atoms with Gasteiger partial charge >= 0.3 is 12.1 Å². The second kappa shape index (κ2) is 8.88. The number of rotatable bonds is 6. The third-order valence-electron chi connectivity index (χ3n) is 5.28. The Morgan fingerprint density at radius 1 is 1.23 bits per heavy atom. The molecule has 0 aliphatic carbocycles. The van der Waals surface area contributed by atoms with Crippen LogP contribution in [0.1, 0.15) is 46.3 Å². The molecular formula is C21H23F3N2O4S. The van der Waals surface area contributed by atoms with Crippen LogP contribution < -0.4 is 10.0 Å². The number of carbonyl (C=O) groups is 1. The number of sulfonamides is 1. The second-order valence-corrected chi connectivity index (χ2v) is 8.91. The van der Waals surface area contributed by atoms with Crippen LogP contribution in [0.2, 0.25) is 0 Å². The predicted molar refractivity (Wildman–Crippen MR) is 110 cm³/mol. The summed E-state index contributed by atoms with van der Waals surface area (Å²) in [5, 5.41) is 3.13. The van der Waals surface area contributed by atoms with E-state index in [2.05, 4.69) is 14.8 Å². The summed E-state index contributed by atoms with van der Waals surface area (Å²) in [6, 6.07) is 7.22. The number of methoxy groups -OCH3 is 1. The average molecular weight is 456 g/mol. The zero-order valence-electron chi connectivity index (χ0n) is 17.0. The van der Waals surface area contributed by atoms with Gasteiger partial charge in [0.1, 0.15) is 0 Å². The van der Waals surface area contributed by atoms with Gasteiger partial charge in [-0.1, -0.05) is 19.1 Å². The minimum atomic E-state index is -4.62. The van der Waals surface area contributed by atoms with Crippen LogP contribution in [0.25, 0.3) is 0 Å². The van der Waals surface area contributed by atoms with Crippen LogP contribution in [-0.2, 0) is 27.4 Å². The molecule has 2 N–H and O–H groups in total. The zero-order valence-corrected chi connectivity index (χ0v) is 17.9. The van der Waals surface area contributed by atoms with Crippen molar-refractivity contribution < 1.29 is 31.1 Å². The maximum absolute atomic E-state index is 13.3. The fraction of sp³-hybridized carbons (Fsp3) is 0.381. The number of aryl methyl sites for hydroxylation is 1. The Bertz CT molecular complexity index is 1080. The standard InChI is InChI=1S/C21H23F3N2O4S/c1-3-13-4-5-14(20(27)30-2)10-19(13)31(28,29)26-18-11-16(21(22,23)24)6-7-17(18)15-8-9-25-12-15/h4-7,10-11,15,25-26H,3,8-9,12H2,1-2H3. The van der Waals surface area contributed by atoms with E-state index in [0.29, 0.717) is 37.1 Å². The molecule has 1 saturated heterocycles. The SMILES string of the molecule is CCc1ccc(C(=O)OC)cc1S(=O)(=O)Nc1cc(C(F)(F)F)ccc1C1CCNC1. The van der Waals surface area contributed by atoms with Crippen molar-refractivity contribution in [1.29, 1.82) is 0 Å².